The fraction of sp³-hybridized carbons (Fsp3) is 0.692. The van der Waals surface area contributed by atoms with E-state index in [0.29, 0.717) is 17.6 Å². The first-order chi connectivity index (χ1) is 8.69. The lowest BCUT2D eigenvalue weighted by molar-refractivity contribution is 0.0924. The highest BCUT2D eigenvalue weighted by atomic mass is 16.1. The van der Waals surface area contributed by atoms with Crippen molar-refractivity contribution >= 4 is 5.91 Å². The fourth-order valence-electron chi connectivity index (χ4n) is 2.54. The molecule has 1 aliphatic carbocycles. The zero-order valence-electron chi connectivity index (χ0n) is 11.1. The number of hydrogen-bond acceptors (Lipinski definition) is 3. The second-order valence-electron chi connectivity index (χ2n) is 4.98. The number of amides is 1. The lowest BCUT2D eigenvalue weighted by Crippen LogP contribution is -2.42. The van der Waals surface area contributed by atoms with Crippen molar-refractivity contribution in [3.8, 4) is 0 Å². The number of aromatic nitrogens is 2. The molecule has 0 radical (unpaired) electrons. The molecule has 100 valence electrons. The molecular formula is C13H22N4O. The van der Waals surface area contributed by atoms with Crippen molar-refractivity contribution in [2.75, 3.05) is 6.54 Å². The molecule has 1 aromatic heterocycles. The van der Waals surface area contributed by atoms with Crippen LogP contribution in [0.4, 0.5) is 0 Å². The molecule has 0 spiro atoms. The summed E-state index contributed by atoms with van der Waals surface area (Å²) in [5.41, 5.74) is 0.645. The molecule has 2 N–H and O–H groups in total. The second-order valence-corrected chi connectivity index (χ2v) is 4.98. The molecule has 0 atom stereocenters. The summed E-state index contributed by atoms with van der Waals surface area (Å²) in [6.45, 7) is 3.16. The lowest BCUT2D eigenvalue weighted by atomic mass is 9.91. The average molecular weight is 250 g/mol. The van der Waals surface area contributed by atoms with Gasteiger partial charge in [-0.15, -0.1) is 0 Å². The number of hydrogen-bond donors (Lipinski definition) is 2. The first-order valence-electron chi connectivity index (χ1n) is 6.72. The third kappa shape index (κ3) is 3.32. The Balaban J connectivity index is 1.79. The van der Waals surface area contributed by atoms with Crippen LogP contribution in [0.1, 0.15) is 43.0 Å². The molecule has 0 unspecified atom stereocenters. The first kappa shape index (κ1) is 13.1. The minimum absolute atomic E-state index is 0.00463. The van der Waals surface area contributed by atoms with Crippen LogP contribution in [0.3, 0.4) is 0 Å². The summed E-state index contributed by atoms with van der Waals surface area (Å²) in [5, 5.41) is 10.6. The third-order valence-corrected chi connectivity index (χ3v) is 3.52. The van der Waals surface area contributed by atoms with Crippen LogP contribution in [0.2, 0.25) is 0 Å². The van der Waals surface area contributed by atoms with Crippen LogP contribution in [-0.4, -0.2) is 34.3 Å². The molecule has 1 aliphatic rings. The van der Waals surface area contributed by atoms with Crippen LogP contribution >= 0.6 is 0 Å². The Bertz CT molecular complexity index is 393. The van der Waals surface area contributed by atoms with E-state index in [-0.39, 0.29) is 5.91 Å². The van der Waals surface area contributed by atoms with Gasteiger partial charge in [-0.2, -0.15) is 5.10 Å². The standard InChI is InChI=1S/C13H22N4O/c1-3-14-11-4-6-12(7-5-11)16-13(18)10-8-15-17(2)9-10/h8-9,11-12,14H,3-7H2,1-2H3,(H,16,18). The zero-order chi connectivity index (χ0) is 13.0. The molecular weight excluding hydrogens is 228 g/mol. The van der Waals surface area contributed by atoms with Crippen molar-refractivity contribution in [2.45, 2.75) is 44.7 Å². The van der Waals surface area contributed by atoms with Gasteiger partial charge in [0.25, 0.3) is 5.91 Å². The van der Waals surface area contributed by atoms with Gasteiger partial charge in [0.2, 0.25) is 0 Å². The van der Waals surface area contributed by atoms with E-state index >= 15 is 0 Å². The highest BCUT2D eigenvalue weighted by Gasteiger charge is 2.22. The van der Waals surface area contributed by atoms with Gasteiger partial charge in [0, 0.05) is 25.3 Å². The number of nitrogens with zero attached hydrogens (tertiary/aromatic N) is 2. The zero-order valence-corrected chi connectivity index (χ0v) is 11.1. The molecule has 2 rings (SSSR count). The van der Waals surface area contributed by atoms with Gasteiger partial charge in [-0.25, -0.2) is 0 Å². The summed E-state index contributed by atoms with van der Waals surface area (Å²) >= 11 is 0. The highest BCUT2D eigenvalue weighted by Crippen LogP contribution is 2.18. The molecule has 0 bridgehead atoms. The summed E-state index contributed by atoms with van der Waals surface area (Å²) in [7, 11) is 1.82. The van der Waals surface area contributed by atoms with Crippen molar-refractivity contribution < 1.29 is 4.79 Å². The van der Waals surface area contributed by atoms with Gasteiger partial charge in [-0.1, -0.05) is 6.92 Å². The quantitative estimate of drug-likeness (QED) is 0.840. The molecule has 0 aromatic carbocycles. The van der Waals surface area contributed by atoms with Gasteiger partial charge in [0.1, 0.15) is 0 Å². The first-order valence-corrected chi connectivity index (χ1v) is 6.72. The summed E-state index contributed by atoms with van der Waals surface area (Å²) in [6.07, 6.45) is 7.77. The summed E-state index contributed by atoms with van der Waals surface area (Å²) in [6, 6.07) is 0.939. The lowest BCUT2D eigenvalue weighted by Gasteiger charge is -2.29. The Kier molecular flexibility index (Phi) is 4.36. The Hall–Kier alpha value is -1.36. The van der Waals surface area contributed by atoms with E-state index < -0.39 is 0 Å². The maximum absolute atomic E-state index is 12.0. The third-order valence-electron chi connectivity index (χ3n) is 3.52. The Labute approximate surface area is 108 Å². The monoisotopic (exact) mass is 250 g/mol. The van der Waals surface area contributed by atoms with Crippen LogP contribution in [0.15, 0.2) is 12.4 Å². The Morgan fingerprint density at radius 1 is 1.39 bits per heavy atom. The molecule has 0 saturated heterocycles. The maximum Gasteiger partial charge on any atom is 0.254 e. The predicted molar refractivity (Wildman–Crippen MR) is 70.4 cm³/mol. The maximum atomic E-state index is 12.0. The van der Waals surface area contributed by atoms with Crippen LogP contribution in [0.5, 0.6) is 0 Å². The summed E-state index contributed by atoms with van der Waals surface area (Å²) < 4.78 is 1.65. The predicted octanol–water partition coefficient (Wildman–Crippen LogP) is 1.07. The smallest absolute Gasteiger partial charge is 0.254 e. The van der Waals surface area contributed by atoms with E-state index in [2.05, 4.69) is 22.7 Å². The average Bonchev–Trinajstić information content (AvgIpc) is 2.79. The largest absolute Gasteiger partial charge is 0.349 e. The molecule has 0 aliphatic heterocycles. The number of rotatable bonds is 4. The molecule has 1 heterocycles. The molecule has 5 heteroatoms. The number of carbonyl (C=O) groups is 1. The van der Waals surface area contributed by atoms with Crippen LogP contribution in [0, 0.1) is 0 Å². The van der Waals surface area contributed by atoms with Crippen molar-refractivity contribution in [1.29, 1.82) is 0 Å². The number of carbonyl (C=O) groups excluding carboxylic acids is 1. The van der Waals surface area contributed by atoms with Crippen LogP contribution < -0.4 is 10.6 Å². The Morgan fingerprint density at radius 2 is 2.06 bits per heavy atom. The second kappa shape index (κ2) is 6.00. The minimum atomic E-state index is -0.00463. The van der Waals surface area contributed by atoms with Gasteiger partial charge >= 0.3 is 0 Å². The summed E-state index contributed by atoms with van der Waals surface area (Å²) in [5.74, 6) is -0.00463. The van der Waals surface area contributed by atoms with Crippen molar-refractivity contribution in [2.24, 2.45) is 7.05 Å². The van der Waals surface area contributed by atoms with Crippen molar-refractivity contribution in [3.63, 3.8) is 0 Å². The van der Waals surface area contributed by atoms with Gasteiger partial charge in [-0.3, -0.25) is 9.48 Å². The van der Waals surface area contributed by atoms with Crippen LogP contribution in [0.25, 0.3) is 0 Å². The normalized spacial score (nSPS) is 23.9. The van der Waals surface area contributed by atoms with E-state index in [4.69, 9.17) is 0 Å². The van der Waals surface area contributed by atoms with Gasteiger partial charge in [-0.05, 0) is 32.2 Å². The summed E-state index contributed by atoms with van der Waals surface area (Å²) in [4.78, 5) is 12.0. The molecule has 1 saturated carbocycles. The van der Waals surface area contributed by atoms with Gasteiger partial charge < -0.3 is 10.6 Å². The molecule has 5 nitrogen and oxygen atoms in total. The highest BCUT2D eigenvalue weighted by molar-refractivity contribution is 5.93. The number of aryl methyl sites for hydroxylation is 1. The van der Waals surface area contributed by atoms with E-state index in [1.807, 2.05) is 7.05 Å². The van der Waals surface area contributed by atoms with Crippen LogP contribution in [-0.2, 0) is 7.05 Å². The van der Waals surface area contributed by atoms with Crippen molar-refractivity contribution in [1.82, 2.24) is 20.4 Å². The molecule has 1 amide bonds. The SMILES string of the molecule is CCNC1CCC(NC(=O)c2cnn(C)c2)CC1. The Morgan fingerprint density at radius 3 is 2.61 bits per heavy atom. The fourth-order valence-corrected chi connectivity index (χ4v) is 2.54. The van der Waals surface area contributed by atoms with Gasteiger partial charge in [0.15, 0.2) is 0 Å². The van der Waals surface area contributed by atoms with E-state index in [1.165, 1.54) is 0 Å². The van der Waals surface area contributed by atoms with E-state index in [0.717, 1.165) is 32.2 Å². The molecule has 1 fully saturated rings. The molecule has 1 aromatic rings. The number of nitrogens with one attached hydrogen (secondary N) is 2. The van der Waals surface area contributed by atoms with E-state index in [9.17, 15) is 4.79 Å². The molecule has 18 heavy (non-hydrogen) atoms. The van der Waals surface area contributed by atoms with Crippen molar-refractivity contribution in [3.05, 3.63) is 18.0 Å². The van der Waals surface area contributed by atoms with E-state index in [1.54, 1.807) is 17.1 Å². The minimum Gasteiger partial charge on any atom is -0.349 e. The topological polar surface area (TPSA) is 58.9 Å². The van der Waals surface area contributed by atoms with Gasteiger partial charge in [0.05, 0.1) is 11.8 Å².